The lowest BCUT2D eigenvalue weighted by atomic mass is 10.1. The van der Waals surface area contributed by atoms with E-state index in [1.54, 1.807) is 6.21 Å². The molecule has 0 saturated carbocycles. The minimum atomic E-state index is -0.521. The lowest BCUT2D eigenvalue weighted by Gasteiger charge is -2.22. The van der Waals surface area contributed by atoms with E-state index < -0.39 is 10.8 Å². The van der Waals surface area contributed by atoms with Gasteiger partial charge in [0, 0.05) is 36.5 Å². The van der Waals surface area contributed by atoms with Gasteiger partial charge in [0.2, 0.25) is 0 Å². The highest BCUT2D eigenvalue weighted by Gasteiger charge is 2.09. The maximum absolute atomic E-state index is 12.0. The second-order valence-corrected chi connectivity index (χ2v) is 5.85. The van der Waals surface area contributed by atoms with Gasteiger partial charge in [-0.2, -0.15) is 5.10 Å². The number of aliphatic hydroxyl groups is 1. The van der Waals surface area contributed by atoms with E-state index in [1.807, 2.05) is 32.0 Å². The van der Waals surface area contributed by atoms with Crippen molar-refractivity contribution in [1.82, 2.24) is 5.43 Å². The zero-order chi connectivity index (χ0) is 19.8. The Labute approximate surface area is 157 Å². The third-order valence-electron chi connectivity index (χ3n) is 4.08. The zero-order valence-electron chi connectivity index (χ0n) is 15.3. The molecule has 0 aliphatic carbocycles. The van der Waals surface area contributed by atoms with Crippen LogP contribution in [0.4, 0.5) is 11.4 Å². The Kier molecular flexibility index (Phi) is 7.01. The maximum atomic E-state index is 12.0. The molecule has 0 fully saturated rings. The number of hydrogen-bond acceptors (Lipinski definition) is 6. The first-order chi connectivity index (χ1) is 13.0. The van der Waals surface area contributed by atoms with Crippen LogP contribution in [-0.4, -0.2) is 41.8 Å². The summed E-state index contributed by atoms with van der Waals surface area (Å²) in [5.41, 5.74) is 5.46. The first-order valence-electron chi connectivity index (χ1n) is 8.50. The van der Waals surface area contributed by atoms with Crippen molar-refractivity contribution in [3.63, 3.8) is 0 Å². The molecule has 2 aromatic carbocycles. The minimum absolute atomic E-state index is 0.0758. The van der Waals surface area contributed by atoms with E-state index in [-0.39, 0.29) is 17.9 Å². The molecule has 2 aromatic rings. The summed E-state index contributed by atoms with van der Waals surface area (Å²) < 4.78 is 0. The molecule has 0 spiro atoms. The molecule has 142 valence electrons. The average molecular weight is 370 g/mol. The number of non-ortho nitro benzene ring substituents is 1. The fraction of sp³-hybridized carbons (Fsp3) is 0.263. The number of hydrogen-bond donors (Lipinski definition) is 2. The smallest absolute Gasteiger partial charge is 0.271 e. The highest BCUT2D eigenvalue weighted by atomic mass is 16.6. The van der Waals surface area contributed by atoms with Gasteiger partial charge < -0.3 is 10.0 Å². The molecule has 2 rings (SSSR count). The van der Waals surface area contributed by atoms with Gasteiger partial charge in [-0.15, -0.1) is 0 Å². The molecule has 8 heteroatoms. The van der Waals surface area contributed by atoms with Crippen molar-refractivity contribution in [3.05, 3.63) is 69.3 Å². The molecule has 0 unspecified atom stereocenters. The number of anilines is 1. The van der Waals surface area contributed by atoms with E-state index >= 15 is 0 Å². The summed E-state index contributed by atoms with van der Waals surface area (Å²) in [6, 6.07) is 11.1. The van der Waals surface area contributed by atoms with Crippen molar-refractivity contribution in [2.24, 2.45) is 5.10 Å². The predicted octanol–water partition coefficient (Wildman–Crippen LogP) is 2.49. The summed E-state index contributed by atoms with van der Waals surface area (Å²) >= 11 is 0. The van der Waals surface area contributed by atoms with Crippen LogP contribution in [0.5, 0.6) is 0 Å². The summed E-state index contributed by atoms with van der Waals surface area (Å²) in [6.07, 6.45) is 1.55. The Balaban J connectivity index is 2.03. The molecule has 0 heterocycles. The molecule has 0 bridgehead atoms. The van der Waals surface area contributed by atoms with Gasteiger partial charge in [-0.3, -0.25) is 14.9 Å². The second-order valence-electron chi connectivity index (χ2n) is 5.85. The minimum Gasteiger partial charge on any atom is -0.395 e. The monoisotopic (exact) mass is 370 g/mol. The number of nitrogens with zero attached hydrogens (tertiary/aromatic N) is 3. The maximum Gasteiger partial charge on any atom is 0.271 e. The fourth-order valence-electron chi connectivity index (χ4n) is 2.55. The third kappa shape index (κ3) is 5.35. The molecule has 0 aliphatic rings. The van der Waals surface area contributed by atoms with Crippen molar-refractivity contribution < 1.29 is 14.8 Å². The van der Waals surface area contributed by atoms with Crippen LogP contribution in [0.3, 0.4) is 0 Å². The summed E-state index contributed by atoms with van der Waals surface area (Å²) in [7, 11) is 0. The van der Waals surface area contributed by atoms with Gasteiger partial charge in [0.25, 0.3) is 11.6 Å². The van der Waals surface area contributed by atoms with Crippen LogP contribution in [0.1, 0.15) is 28.4 Å². The van der Waals surface area contributed by atoms with Crippen LogP contribution in [-0.2, 0) is 0 Å². The Morgan fingerprint density at radius 3 is 2.56 bits per heavy atom. The number of nitro groups is 1. The number of rotatable bonds is 8. The highest BCUT2D eigenvalue weighted by molar-refractivity contribution is 5.95. The number of benzene rings is 2. The lowest BCUT2D eigenvalue weighted by Crippen LogP contribution is -2.26. The van der Waals surface area contributed by atoms with Crippen LogP contribution in [0.2, 0.25) is 0 Å². The molecule has 0 radical (unpaired) electrons. The van der Waals surface area contributed by atoms with Crippen LogP contribution >= 0.6 is 0 Å². The number of aryl methyl sites for hydroxylation is 1. The van der Waals surface area contributed by atoms with E-state index in [0.717, 1.165) is 23.4 Å². The van der Waals surface area contributed by atoms with Gasteiger partial charge in [0.1, 0.15) is 0 Å². The van der Waals surface area contributed by atoms with E-state index in [2.05, 4.69) is 15.4 Å². The van der Waals surface area contributed by atoms with Gasteiger partial charge in [0.15, 0.2) is 0 Å². The van der Waals surface area contributed by atoms with Gasteiger partial charge in [-0.25, -0.2) is 5.43 Å². The quantitative estimate of drug-likeness (QED) is 0.422. The van der Waals surface area contributed by atoms with E-state index in [1.165, 1.54) is 24.3 Å². The Morgan fingerprint density at radius 2 is 2.00 bits per heavy atom. The molecular formula is C19H22N4O4. The summed E-state index contributed by atoms with van der Waals surface area (Å²) in [5, 5.41) is 23.7. The van der Waals surface area contributed by atoms with Gasteiger partial charge >= 0.3 is 0 Å². The number of hydrazone groups is 1. The van der Waals surface area contributed by atoms with Gasteiger partial charge in [-0.1, -0.05) is 6.07 Å². The Hall–Kier alpha value is -3.26. The van der Waals surface area contributed by atoms with Gasteiger partial charge in [0.05, 0.1) is 17.7 Å². The second kappa shape index (κ2) is 9.44. The van der Waals surface area contributed by atoms with E-state index in [4.69, 9.17) is 5.11 Å². The molecule has 8 nitrogen and oxygen atoms in total. The number of carbonyl (C=O) groups excluding carboxylic acids is 1. The first kappa shape index (κ1) is 20.1. The van der Waals surface area contributed by atoms with Crippen LogP contribution in [0.25, 0.3) is 0 Å². The lowest BCUT2D eigenvalue weighted by molar-refractivity contribution is -0.384. The van der Waals surface area contributed by atoms with E-state index in [9.17, 15) is 14.9 Å². The fourth-order valence-corrected chi connectivity index (χ4v) is 2.55. The van der Waals surface area contributed by atoms with Crippen LogP contribution in [0, 0.1) is 17.0 Å². The van der Waals surface area contributed by atoms with Crippen molar-refractivity contribution in [2.45, 2.75) is 13.8 Å². The summed E-state index contributed by atoms with van der Waals surface area (Å²) in [6.45, 7) is 5.40. The van der Waals surface area contributed by atoms with Gasteiger partial charge in [-0.05, 0) is 49.2 Å². The summed E-state index contributed by atoms with van der Waals surface area (Å²) in [5.74, 6) is -0.449. The van der Waals surface area contributed by atoms with Crippen molar-refractivity contribution in [3.8, 4) is 0 Å². The standard InChI is InChI=1S/C19H22N4O4/c1-3-22(10-11-24)18-9-6-16(14(2)12-18)13-20-21-19(25)15-4-7-17(8-5-15)23(26)27/h4-9,12-13,24H,3,10-11H2,1-2H3,(H,21,25)/b20-13-. The molecule has 0 atom stereocenters. The Morgan fingerprint density at radius 1 is 1.30 bits per heavy atom. The van der Waals surface area contributed by atoms with Crippen LogP contribution in [0.15, 0.2) is 47.6 Å². The molecule has 0 saturated heterocycles. The Bertz CT molecular complexity index is 834. The molecular weight excluding hydrogens is 348 g/mol. The highest BCUT2D eigenvalue weighted by Crippen LogP contribution is 2.18. The topological polar surface area (TPSA) is 108 Å². The summed E-state index contributed by atoms with van der Waals surface area (Å²) in [4.78, 5) is 24.2. The molecule has 1 amide bonds. The number of carbonyl (C=O) groups is 1. The third-order valence-corrected chi connectivity index (χ3v) is 4.08. The number of amides is 1. The molecule has 0 aliphatic heterocycles. The molecule has 0 aromatic heterocycles. The zero-order valence-corrected chi connectivity index (χ0v) is 15.3. The number of likely N-dealkylation sites (N-methyl/N-ethyl adjacent to an activating group) is 1. The van der Waals surface area contributed by atoms with Crippen molar-refractivity contribution in [1.29, 1.82) is 0 Å². The predicted molar refractivity (Wildman–Crippen MR) is 104 cm³/mol. The van der Waals surface area contributed by atoms with E-state index in [0.29, 0.717) is 6.54 Å². The SMILES string of the molecule is CCN(CCO)c1ccc(/C=N\NC(=O)c2ccc([N+](=O)[O-])cc2)c(C)c1. The normalized spacial score (nSPS) is 10.8. The number of nitro benzene ring substituents is 1. The molecule has 27 heavy (non-hydrogen) atoms. The van der Waals surface area contributed by atoms with Crippen molar-refractivity contribution >= 4 is 23.5 Å². The number of aliphatic hydroxyl groups excluding tert-OH is 1. The van der Waals surface area contributed by atoms with Crippen molar-refractivity contribution in [2.75, 3.05) is 24.6 Å². The number of nitrogens with one attached hydrogen (secondary N) is 1. The largest absolute Gasteiger partial charge is 0.395 e. The first-order valence-corrected chi connectivity index (χ1v) is 8.50. The van der Waals surface area contributed by atoms with Crippen LogP contribution < -0.4 is 10.3 Å². The average Bonchev–Trinajstić information content (AvgIpc) is 2.67. The molecule has 2 N–H and O–H groups in total.